The van der Waals surface area contributed by atoms with E-state index in [1.807, 2.05) is 4.68 Å². The minimum Gasteiger partial charge on any atom is -0.228 e. The largest absolute Gasteiger partial charge is 0.228 e. The first-order valence-corrected chi connectivity index (χ1v) is 4.02. The van der Waals surface area contributed by atoms with E-state index in [4.69, 9.17) is 0 Å². The monoisotopic (exact) mass is 236 g/mol. The Hall–Kier alpha value is -0.200. The van der Waals surface area contributed by atoms with Gasteiger partial charge < -0.3 is 0 Å². The quantitative estimate of drug-likeness (QED) is 0.488. The van der Waals surface area contributed by atoms with Crippen LogP contribution in [0.5, 0.6) is 0 Å². The second-order valence-corrected chi connectivity index (χ2v) is 3.52. The number of halogens is 1. The molecule has 1 aromatic heterocycles. The van der Waals surface area contributed by atoms with Gasteiger partial charge in [-0.25, -0.2) is 4.68 Å². The molecule has 0 saturated carbocycles. The molecule has 2 rings (SSSR count). The molecule has 5 heteroatoms. The van der Waals surface area contributed by atoms with Gasteiger partial charge in [-0.1, -0.05) is 22.6 Å². The molecule has 1 atom stereocenters. The molecule has 0 fully saturated rings. The Balaban J connectivity index is 2.49. The van der Waals surface area contributed by atoms with Gasteiger partial charge in [-0.15, -0.1) is 5.10 Å². The zero-order valence-corrected chi connectivity index (χ0v) is 6.82. The summed E-state index contributed by atoms with van der Waals surface area (Å²) in [4.78, 5) is 0. The molecular formula is C4H5IN4. The van der Waals surface area contributed by atoms with Crippen molar-refractivity contribution in [2.75, 3.05) is 0 Å². The van der Waals surface area contributed by atoms with Crippen molar-refractivity contribution in [1.82, 2.24) is 20.2 Å². The van der Waals surface area contributed by atoms with Gasteiger partial charge in [0.15, 0.2) is 5.82 Å². The molecule has 0 N–H and O–H groups in total. The number of aromatic nitrogens is 4. The van der Waals surface area contributed by atoms with Gasteiger partial charge in [0.2, 0.25) is 0 Å². The number of nitrogens with zero attached hydrogens (tertiary/aromatic N) is 4. The van der Waals surface area contributed by atoms with Crippen LogP contribution in [0.15, 0.2) is 0 Å². The van der Waals surface area contributed by atoms with E-state index >= 15 is 0 Å². The fourth-order valence-corrected chi connectivity index (χ4v) is 1.68. The summed E-state index contributed by atoms with van der Waals surface area (Å²) in [5.74, 6) is 1.02. The van der Waals surface area contributed by atoms with Crippen molar-refractivity contribution in [3.8, 4) is 0 Å². The molecule has 0 bridgehead atoms. The van der Waals surface area contributed by atoms with Crippen LogP contribution in [0.25, 0.3) is 0 Å². The Bertz CT molecular complexity index is 220. The molecule has 0 aliphatic carbocycles. The van der Waals surface area contributed by atoms with Gasteiger partial charge in [-0.2, -0.15) is 0 Å². The Kier molecular flexibility index (Phi) is 1.17. The second-order valence-electron chi connectivity index (χ2n) is 2.02. The summed E-state index contributed by atoms with van der Waals surface area (Å²) in [6, 6.07) is 0. The molecule has 9 heavy (non-hydrogen) atoms. The SMILES string of the molecule is I[C@@H]1CCn2nnnc21. The van der Waals surface area contributed by atoms with Crippen molar-refractivity contribution in [2.24, 2.45) is 0 Å². The van der Waals surface area contributed by atoms with Gasteiger partial charge in [0.25, 0.3) is 0 Å². The molecule has 0 saturated heterocycles. The van der Waals surface area contributed by atoms with Gasteiger partial charge >= 0.3 is 0 Å². The number of rotatable bonds is 0. The lowest BCUT2D eigenvalue weighted by Gasteiger charge is -1.89. The summed E-state index contributed by atoms with van der Waals surface area (Å²) in [5, 5.41) is 11.2. The van der Waals surface area contributed by atoms with Crippen molar-refractivity contribution >= 4 is 22.6 Å². The molecule has 0 radical (unpaired) electrons. The van der Waals surface area contributed by atoms with Gasteiger partial charge in [0.1, 0.15) is 0 Å². The minimum absolute atomic E-state index is 0.526. The first kappa shape index (κ1) is 5.57. The van der Waals surface area contributed by atoms with Crippen LogP contribution in [0.3, 0.4) is 0 Å². The van der Waals surface area contributed by atoms with Crippen LogP contribution in [0.1, 0.15) is 16.2 Å². The van der Waals surface area contributed by atoms with Gasteiger partial charge in [0.05, 0.1) is 3.92 Å². The van der Waals surface area contributed by atoms with Crippen LogP contribution in [-0.2, 0) is 6.54 Å². The molecule has 0 unspecified atom stereocenters. The molecule has 1 aliphatic heterocycles. The molecule has 2 heterocycles. The number of alkyl halides is 1. The van der Waals surface area contributed by atoms with Crippen molar-refractivity contribution in [3.05, 3.63) is 5.82 Å². The molecule has 0 aromatic carbocycles. The average molecular weight is 236 g/mol. The highest BCUT2D eigenvalue weighted by molar-refractivity contribution is 14.1. The van der Waals surface area contributed by atoms with E-state index in [1.54, 1.807) is 0 Å². The third-order valence-corrected chi connectivity index (χ3v) is 2.61. The molecule has 4 nitrogen and oxygen atoms in total. The highest BCUT2D eigenvalue weighted by Crippen LogP contribution is 2.30. The minimum atomic E-state index is 0.526. The number of aryl methyl sites for hydroxylation is 1. The van der Waals surface area contributed by atoms with Crippen molar-refractivity contribution < 1.29 is 0 Å². The smallest absolute Gasteiger partial charge is 0.164 e. The van der Waals surface area contributed by atoms with E-state index in [2.05, 4.69) is 38.1 Å². The second kappa shape index (κ2) is 1.89. The van der Waals surface area contributed by atoms with Gasteiger partial charge in [-0.05, 0) is 16.8 Å². The lowest BCUT2D eigenvalue weighted by Crippen LogP contribution is -1.93. The Morgan fingerprint density at radius 2 is 2.56 bits per heavy atom. The molecular weight excluding hydrogens is 231 g/mol. The van der Waals surface area contributed by atoms with E-state index < -0.39 is 0 Å². The van der Waals surface area contributed by atoms with Crippen LogP contribution in [-0.4, -0.2) is 20.2 Å². The fraction of sp³-hybridized carbons (Fsp3) is 0.750. The summed E-state index contributed by atoms with van der Waals surface area (Å²) in [5.41, 5.74) is 0. The topological polar surface area (TPSA) is 43.6 Å². The Morgan fingerprint density at radius 1 is 1.67 bits per heavy atom. The normalized spacial score (nSPS) is 24.3. The zero-order valence-electron chi connectivity index (χ0n) is 4.66. The van der Waals surface area contributed by atoms with Gasteiger partial charge in [0, 0.05) is 6.54 Å². The standard InChI is InChI=1S/C4H5IN4/c5-3-1-2-9-4(3)6-7-8-9/h3H,1-2H2/t3-/m1/s1. The zero-order chi connectivity index (χ0) is 6.27. The van der Waals surface area contributed by atoms with Gasteiger partial charge in [-0.3, -0.25) is 0 Å². The van der Waals surface area contributed by atoms with Crippen LogP contribution >= 0.6 is 22.6 Å². The summed E-state index contributed by atoms with van der Waals surface area (Å²) in [6.45, 7) is 0.982. The summed E-state index contributed by atoms with van der Waals surface area (Å²) in [7, 11) is 0. The van der Waals surface area contributed by atoms with E-state index in [0.29, 0.717) is 3.92 Å². The Morgan fingerprint density at radius 3 is 3.33 bits per heavy atom. The molecule has 1 aromatic rings. The third kappa shape index (κ3) is 0.742. The molecule has 0 spiro atoms. The maximum atomic E-state index is 3.87. The molecule has 48 valence electrons. The number of hydrogen-bond acceptors (Lipinski definition) is 3. The highest BCUT2D eigenvalue weighted by atomic mass is 127. The summed E-state index contributed by atoms with van der Waals surface area (Å²) in [6.07, 6.45) is 1.15. The van der Waals surface area contributed by atoms with Crippen LogP contribution in [0.2, 0.25) is 0 Å². The third-order valence-electron chi connectivity index (χ3n) is 1.43. The molecule has 0 amide bonds. The van der Waals surface area contributed by atoms with E-state index in [1.165, 1.54) is 0 Å². The van der Waals surface area contributed by atoms with Crippen LogP contribution < -0.4 is 0 Å². The first-order chi connectivity index (χ1) is 4.38. The van der Waals surface area contributed by atoms with Crippen molar-refractivity contribution in [2.45, 2.75) is 16.9 Å². The summed E-state index contributed by atoms with van der Waals surface area (Å²) < 4.78 is 2.38. The number of hydrogen-bond donors (Lipinski definition) is 0. The first-order valence-electron chi connectivity index (χ1n) is 2.78. The van der Waals surface area contributed by atoms with E-state index in [0.717, 1.165) is 18.8 Å². The van der Waals surface area contributed by atoms with Crippen molar-refractivity contribution in [3.63, 3.8) is 0 Å². The fourth-order valence-electron chi connectivity index (χ4n) is 0.960. The lowest BCUT2D eigenvalue weighted by molar-refractivity contribution is 0.619. The van der Waals surface area contributed by atoms with E-state index in [-0.39, 0.29) is 0 Å². The van der Waals surface area contributed by atoms with Crippen molar-refractivity contribution in [1.29, 1.82) is 0 Å². The predicted octanol–water partition coefficient (Wildman–Crippen LogP) is 0.553. The van der Waals surface area contributed by atoms with Crippen LogP contribution in [0.4, 0.5) is 0 Å². The number of tetrazole rings is 1. The maximum Gasteiger partial charge on any atom is 0.164 e. The Labute approximate surface area is 65.8 Å². The van der Waals surface area contributed by atoms with E-state index in [9.17, 15) is 0 Å². The number of fused-ring (bicyclic) bond motifs is 1. The van der Waals surface area contributed by atoms with Crippen LogP contribution in [0, 0.1) is 0 Å². The lowest BCUT2D eigenvalue weighted by atomic mass is 10.4. The highest BCUT2D eigenvalue weighted by Gasteiger charge is 2.22. The maximum absolute atomic E-state index is 3.87. The predicted molar refractivity (Wildman–Crippen MR) is 39.2 cm³/mol. The molecule has 1 aliphatic rings. The average Bonchev–Trinajstić information content (AvgIpc) is 2.35. The summed E-state index contributed by atoms with van der Waals surface area (Å²) >= 11 is 2.36.